The zero-order valence-electron chi connectivity index (χ0n) is 10.5. The van der Waals surface area contributed by atoms with Crippen LogP contribution in [0.5, 0.6) is 11.5 Å². The van der Waals surface area contributed by atoms with E-state index < -0.39 is 5.97 Å². The summed E-state index contributed by atoms with van der Waals surface area (Å²) in [5.41, 5.74) is 1.99. The molecule has 6 nitrogen and oxygen atoms in total. The van der Waals surface area contributed by atoms with Crippen molar-refractivity contribution < 1.29 is 23.9 Å². The lowest BCUT2D eigenvalue weighted by atomic mass is 10.1. The van der Waals surface area contributed by atoms with Gasteiger partial charge in [-0.3, -0.25) is 0 Å². The second-order valence-electron chi connectivity index (χ2n) is 4.27. The lowest BCUT2D eigenvalue weighted by Gasteiger charge is -2.22. The van der Waals surface area contributed by atoms with Gasteiger partial charge in [0, 0.05) is 21.7 Å². The number of carboxylic acids is 1. The summed E-state index contributed by atoms with van der Waals surface area (Å²) in [5, 5.41) is 12.6. The van der Waals surface area contributed by atoms with Crippen molar-refractivity contribution in [3.63, 3.8) is 0 Å². The van der Waals surface area contributed by atoms with Crippen molar-refractivity contribution in [3.05, 3.63) is 27.9 Å². The predicted molar refractivity (Wildman–Crippen MR) is 72.3 cm³/mol. The summed E-state index contributed by atoms with van der Waals surface area (Å²) in [4.78, 5) is 10.8. The Morgan fingerprint density at radius 3 is 2.80 bits per heavy atom. The molecule has 0 atom stereocenters. The summed E-state index contributed by atoms with van der Waals surface area (Å²) >= 11 is 3.48. The lowest BCUT2D eigenvalue weighted by molar-refractivity contribution is 0.0652. The zero-order chi connectivity index (χ0) is 14.3. The third-order valence-electron chi connectivity index (χ3n) is 2.99. The molecule has 104 valence electrons. The topological polar surface area (TPSA) is 81.8 Å². The van der Waals surface area contributed by atoms with E-state index in [4.69, 9.17) is 19.1 Å². The SMILES string of the molecule is Cc1c(Br)c(-c2cc(C(=O)O)on2)cc2c1OCCO2. The molecule has 0 saturated heterocycles. The number of nitrogens with zero attached hydrogens (tertiary/aromatic N) is 1. The second-order valence-corrected chi connectivity index (χ2v) is 5.06. The minimum absolute atomic E-state index is 0.209. The van der Waals surface area contributed by atoms with Gasteiger partial charge >= 0.3 is 5.97 Å². The fourth-order valence-corrected chi connectivity index (χ4v) is 2.52. The first-order valence-electron chi connectivity index (χ1n) is 5.87. The maximum atomic E-state index is 10.8. The summed E-state index contributed by atoms with van der Waals surface area (Å²) in [5.74, 6) is -0.0609. The molecule has 0 aliphatic carbocycles. The Labute approximate surface area is 122 Å². The van der Waals surface area contributed by atoms with Gasteiger partial charge in [0.05, 0.1) is 0 Å². The molecule has 1 aromatic carbocycles. The number of carboxylic acid groups (broad SMARTS) is 1. The number of aromatic carboxylic acids is 1. The van der Waals surface area contributed by atoms with Crippen LogP contribution in [0.1, 0.15) is 16.1 Å². The Balaban J connectivity index is 2.13. The minimum atomic E-state index is -1.16. The monoisotopic (exact) mass is 339 g/mol. The van der Waals surface area contributed by atoms with Gasteiger partial charge in [0.25, 0.3) is 0 Å². The number of hydrogen-bond acceptors (Lipinski definition) is 5. The van der Waals surface area contributed by atoms with Crippen LogP contribution in [-0.2, 0) is 0 Å². The van der Waals surface area contributed by atoms with Gasteiger partial charge in [0.15, 0.2) is 11.5 Å². The van der Waals surface area contributed by atoms with Crippen molar-refractivity contribution in [1.82, 2.24) is 5.16 Å². The van der Waals surface area contributed by atoms with Crippen molar-refractivity contribution >= 4 is 21.9 Å². The number of aromatic nitrogens is 1. The smallest absolute Gasteiger partial charge is 0.374 e. The standard InChI is InChI=1S/C13H10BrNO5/c1-6-11(14)7(4-9-12(6)19-3-2-18-9)8-5-10(13(16)17)20-15-8/h4-5H,2-3H2,1H3,(H,16,17). The van der Waals surface area contributed by atoms with Gasteiger partial charge in [-0.2, -0.15) is 0 Å². The molecule has 1 N–H and O–H groups in total. The highest BCUT2D eigenvalue weighted by Crippen LogP contribution is 2.43. The number of rotatable bonds is 2. The summed E-state index contributed by atoms with van der Waals surface area (Å²) in [6.07, 6.45) is 0. The maximum Gasteiger partial charge on any atom is 0.374 e. The summed E-state index contributed by atoms with van der Waals surface area (Å²) in [6, 6.07) is 3.13. The fraction of sp³-hybridized carbons (Fsp3) is 0.231. The molecule has 0 amide bonds. The van der Waals surface area contributed by atoms with E-state index in [9.17, 15) is 4.79 Å². The van der Waals surface area contributed by atoms with Crippen LogP contribution in [0.4, 0.5) is 0 Å². The quantitative estimate of drug-likeness (QED) is 0.905. The van der Waals surface area contributed by atoms with Crippen LogP contribution in [0.25, 0.3) is 11.3 Å². The Hall–Kier alpha value is -2.02. The molecule has 0 unspecified atom stereocenters. The molecule has 3 rings (SSSR count). The zero-order valence-corrected chi connectivity index (χ0v) is 12.1. The van der Waals surface area contributed by atoms with E-state index in [0.29, 0.717) is 36.0 Å². The second kappa shape index (κ2) is 4.82. The molecule has 7 heteroatoms. The van der Waals surface area contributed by atoms with E-state index in [0.717, 1.165) is 10.0 Å². The maximum absolute atomic E-state index is 10.8. The molecule has 0 bridgehead atoms. The van der Waals surface area contributed by atoms with E-state index in [1.165, 1.54) is 6.07 Å². The average molecular weight is 340 g/mol. The highest BCUT2D eigenvalue weighted by atomic mass is 79.9. The lowest BCUT2D eigenvalue weighted by Crippen LogP contribution is -2.16. The molecule has 2 aromatic rings. The molecule has 1 aromatic heterocycles. The van der Waals surface area contributed by atoms with Crippen molar-refractivity contribution in [2.75, 3.05) is 13.2 Å². The molecule has 0 radical (unpaired) electrons. The Kier molecular flexibility index (Phi) is 3.13. The Bertz CT molecular complexity index is 694. The van der Waals surface area contributed by atoms with Gasteiger partial charge < -0.3 is 19.1 Å². The molecule has 1 aliphatic rings. The van der Waals surface area contributed by atoms with Crippen molar-refractivity contribution in [2.45, 2.75) is 6.92 Å². The molecule has 0 saturated carbocycles. The first-order chi connectivity index (χ1) is 9.58. The molecule has 0 spiro atoms. The van der Waals surface area contributed by atoms with Gasteiger partial charge in [-0.05, 0) is 28.9 Å². The molecular formula is C13H10BrNO5. The van der Waals surface area contributed by atoms with E-state index in [2.05, 4.69) is 21.1 Å². The number of benzene rings is 1. The third kappa shape index (κ3) is 2.03. The number of ether oxygens (including phenoxy) is 2. The summed E-state index contributed by atoms with van der Waals surface area (Å²) in [7, 11) is 0. The van der Waals surface area contributed by atoms with Crippen molar-refractivity contribution in [1.29, 1.82) is 0 Å². The van der Waals surface area contributed by atoms with Crippen LogP contribution in [0.3, 0.4) is 0 Å². The molecule has 1 aliphatic heterocycles. The summed E-state index contributed by atoms with van der Waals surface area (Å²) in [6.45, 7) is 2.87. The van der Waals surface area contributed by atoms with Crippen LogP contribution in [-0.4, -0.2) is 29.4 Å². The Morgan fingerprint density at radius 1 is 1.35 bits per heavy atom. The van der Waals surface area contributed by atoms with Gasteiger partial charge in [0.1, 0.15) is 18.9 Å². The number of carbonyl (C=O) groups is 1. The van der Waals surface area contributed by atoms with E-state index in [1.54, 1.807) is 6.07 Å². The molecule has 2 heterocycles. The first-order valence-corrected chi connectivity index (χ1v) is 6.66. The van der Waals surface area contributed by atoms with E-state index >= 15 is 0 Å². The highest BCUT2D eigenvalue weighted by molar-refractivity contribution is 9.10. The van der Waals surface area contributed by atoms with Gasteiger partial charge in [-0.15, -0.1) is 0 Å². The summed E-state index contributed by atoms with van der Waals surface area (Å²) < 4.78 is 16.7. The molecular weight excluding hydrogens is 330 g/mol. The van der Waals surface area contributed by atoms with Crippen LogP contribution >= 0.6 is 15.9 Å². The van der Waals surface area contributed by atoms with E-state index in [1.807, 2.05) is 6.92 Å². The number of fused-ring (bicyclic) bond motifs is 1. The normalized spacial score (nSPS) is 13.3. The highest BCUT2D eigenvalue weighted by Gasteiger charge is 2.22. The average Bonchev–Trinajstić information content (AvgIpc) is 2.92. The van der Waals surface area contributed by atoms with Crippen LogP contribution in [0, 0.1) is 6.92 Å². The van der Waals surface area contributed by atoms with Gasteiger partial charge in [0.2, 0.25) is 5.76 Å². The predicted octanol–water partition coefficient (Wildman–Crippen LogP) is 2.88. The van der Waals surface area contributed by atoms with Crippen molar-refractivity contribution in [3.8, 4) is 22.8 Å². The first kappa shape index (κ1) is 13.0. The fourth-order valence-electron chi connectivity index (χ4n) is 2.02. The Morgan fingerprint density at radius 2 is 2.10 bits per heavy atom. The van der Waals surface area contributed by atoms with Crippen LogP contribution in [0.2, 0.25) is 0 Å². The number of halogens is 1. The number of hydrogen-bond donors (Lipinski definition) is 1. The van der Waals surface area contributed by atoms with E-state index in [-0.39, 0.29) is 5.76 Å². The largest absolute Gasteiger partial charge is 0.486 e. The van der Waals surface area contributed by atoms with Crippen molar-refractivity contribution in [2.24, 2.45) is 0 Å². The molecule has 0 fully saturated rings. The van der Waals surface area contributed by atoms with Crippen LogP contribution in [0.15, 0.2) is 21.1 Å². The third-order valence-corrected chi connectivity index (χ3v) is 4.01. The van der Waals surface area contributed by atoms with Crippen LogP contribution < -0.4 is 9.47 Å². The van der Waals surface area contributed by atoms with Gasteiger partial charge in [-0.1, -0.05) is 5.16 Å². The minimum Gasteiger partial charge on any atom is -0.486 e. The van der Waals surface area contributed by atoms with Gasteiger partial charge in [-0.25, -0.2) is 4.79 Å². The molecule has 20 heavy (non-hydrogen) atoms.